The van der Waals surface area contributed by atoms with Gasteiger partial charge < -0.3 is 9.31 Å². The van der Waals surface area contributed by atoms with Gasteiger partial charge in [0, 0.05) is 11.0 Å². The van der Waals surface area contributed by atoms with Crippen LogP contribution in [0.2, 0.25) is 0 Å². The maximum absolute atomic E-state index is 6.36. The van der Waals surface area contributed by atoms with Gasteiger partial charge in [-0.05, 0) is 80.4 Å². The first-order valence-corrected chi connectivity index (χ1v) is 11.3. The van der Waals surface area contributed by atoms with E-state index in [-0.39, 0.29) is 23.7 Å². The molecule has 0 radical (unpaired) electrons. The first-order chi connectivity index (χ1) is 14.2. The molecule has 3 heteroatoms. The van der Waals surface area contributed by atoms with Crippen LogP contribution < -0.4 is 5.46 Å². The number of rotatable bonds is 5. The van der Waals surface area contributed by atoms with Crippen molar-refractivity contribution < 1.29 is 9.31 Å². The highest BCUT2D eigenvalue weighted by atomic mass is 16.7. The molecule has 1 fully saturated rings. The highest BCUT2D eigenvalue weighted by Gasteiger charge is 2.52. The molecule has 0 saturated carbocycles. The lowest BCUT2D eigenvalue weighted by molar-refractivity contribution is 0.00578. The minimum Gasteiger partial charge on any atom is -0.399 e. The van der Waals surface area contributed by atoms with Gasteiger partial charge in [0.1, 0.15) is 0 Å². The Morgan fingerprint density at radius 3 is 1.90 bits per heavy atom. The molecule has 0 aromatic heterocycles. The van der Waals surface area contributed by atoms with Crippen LogP contribution in [-0.4, -0.2) is 18.3 Å². The summed E-state index contributed by atoms with van der Waals surface area (Å²) in [6.45, 7) is 13.0. The van der Waals surface area contributed by atoms with Gasteiger partial charge in [-0.2, -0.15) is 0 Å². The van der Waals surface area contributed by atoms with E-state index >= 15 is 0 Å². The number of hydrogen-bond donors (Lipinski definition) is 0. The zero-order valence-electron chi connectivity index (χ0n) is 19.3. The number of benzene rings is 2. The van der Waals surface area contributed by atoms with E-state index in [1.54, 1.807) is 0 Å². The van der Waals surface area contributed by atoms with Crippen molar-refractivity contribution in [3.63, 3.8) is 0 Å². The summed E-state index contributed by atoms with van der Waals surface area (Å²) in [6.07, 6.45) is 10.2. The molecule has 1 aliphatic heterocycles. The van der Waals surface area contributed by atoms with Crippen molar-refractivity contribution in [2.75, 3.05) is 0 Å². The molecule has 4 rings (SSSR count). The third-order valence-electron chi connectivity index (χ3n) is 7.43. The maximum Gasteiger partial charge on any atom is 0.494 e. The molecule has 0 atom stereocenters. The smallest absolute Gasteiger partial charge is 0.399 e. The summed E-state index contributed by atoms with van der Waals surface area (Å²) < 4.78 is 12.7. The van der Waals surface area contributed by atoms with Gasteiger partial charge in [-0.3, -0.25) is 0 Å². The van der Waals surface area contributed by atoms with Crippen LogP contribution in [0.25, 0.3) is 11.1 Å². The standard InChI is InChI=1S/C27H33BO2/c1-8-15-27(16-9-2)23-17-19(10-3)11-13-21(23)22-14-12-20(18-24(22)27)28-29-25(4,5)26(6,7)30-28/h3,11-14,17-18H,8-9,15-16H2,1-2,4-7H3. The molecule has 0 spiro atoms. The van der Waals surface area contributed by atoms with Gasteiger partial charge in [0.05, 0.1) is 11.2 Å². The lowest BCUT2D eigenvalue weighted by atomic mass is 9.69. The van der Waals surface area contributed by atoms with Crippen LogP contribution in [0.15, 0.2) is 36.4 Å². The minimum absolute atomic E-state index is 0.000671. The third kappa shape index (κ3) is 3.05. The van der Waals surface area contributed by atoms with Crippen molar-refractivity contribution in [3.05, 3.63) is 53.1 Å². The summed E-state index contributed by atoms with van der Waals surface area (Å²) >= 11 is 0. The van der Waals surface area contributed by atoms with Crippen molar-refractivity contribution in [2.24, 2.45) is 0 Å². The Morgan fingerprint density at radius 2 is 1.37 bits per heavy atom. The van der Waals surface area contributed by atoms with E-state index in [4.69, 9.17) is 15.7 Å². The molecule has 30 heavy (non-hydrogen) atoms. The van der Waals surface area contributed by atoms with Crippen LogP contribution >= 0.6 is 0 Å². The molecule has 0 bridgehead atoms. The molecular formula is C27H33BO2. The lowest BCUT2D eigenvalue weighted by Crippen LogP contribution is -2.41. The molecule has 2 aromatic carbocycles. The Morgan fingerprint density at radius 1 is 0.833 bits per heavy atom. The molecule has 1 aliphatic carbocycles. The molecule has 2 aromatic rings. The summed E-state index contributed by atoms with van der Waals surface area (Å²) in [6, 6.07) is 13.3. The van der Waals surface area contributed by atoms with Gasteiger partial charge in [-0.15, -0.1) is 6.42 Å². The van der Waals surface area contributed by atoms with Crippen LogP contribution in [0, 0.1) is 12.3 Å². The van der Waals surface area contributed by atoms with Crippen LogP contribution in [0.5, 0.6) is 0 Å². The molecule has 1 heterocycles. The van der Waals surface area contributed by atoms with Gasteiger partial charge in [-0.25, -0.2) is 0 Å². The van der Waals surface area contributed by atoms with Gasteiger partial charge in [0.15, 0.2) is 0 Å². The topological polar surface area (TPSA) is 18.5 Å². The van der Waals surface area contributed by atoms with E-state index < -0.39 is 0 Å². The lowest BCUT2D eigenvalue weighted by Gasteiger charge is -2.32. The van der Waals surface area contributed by atoms with Crippen LogP contribution in [-0.2, 0) is 14.7 Å². The Kier molecular flexibility index (Phi) is 5.16. The first-order valence-electron chi connectivity index (χ1n) is 11.3. The minimum atomic E-state index is -0.342. The van der Waals surface area contributed by atoms with Crippen molar-refractivity contribution in [2.45, 2.75) is 83.8 Å². The van der Waals surface area contributed by atoms with Gasteiger partial charge in [0.2, 0.25) is 0 Å². The maximum atomic E-state index is 6.36. The zero-order valence-corrected chi connectivity index (χ0v) is 19.3. The van der Waals surface area contributed by atoms with E-state index in [0.717, 1.165) is 36.7 Å². The van der Waals surface area contributed by atoms with E-state index in [9.17, 15) is 0 Å². The second-order valence-corrected chi connectivity index (χ2v) is 9.88. The predicted octanol–water partition coefficient (Wildman–Crippen LogP) is 5.83. The molecule has 0 amide bonds. The molecule has 2 nitrogen and oxygen atoms in total. The van der Waals surface area contributed by atoms with Crippen molar-refractivity contribution in [1.29, 1.82) is 0 Å². The second kappa shape index (κ2) is 7.29. The van der Waals surface area contributed by atoms with E-state index in [1.807, 2.05) is 0 Å². The van der Waals surface area contributed by atoms with E-state index in [0.29, 0.717) is 0 Å². The number of terminal acetylenes is 1. The fraction of sp³-hybridized carbons (Fsp3) is 0.481. The van der Waals surface area contributed by atoms with Crippen LogP contribution in [0.1, 0.15) is 83.9 Å². The number of hydrogen-bond acceptors (Lipinski definition) is 2. The Bertz CT molecular complexity index is 990. The summed E-state index contributed by atoms with van der Waals surface area (Å²) in [7, 11) is -0.341. The molecule has 1 saturated heterocycles. The summed E-state index contributed by atoms with van der Waals surface area (Å²) in [4.78, 5) is 0. The van der Waals surface area contributed by atoms with Gasteiger partial charge in [0.25, 0.3) is 0 Å². The summed E-state index contributed by atoms with van der Waals surface area (Å²) in [5.74, 6) is 2.84. The van der Waals surface area contributed by atoms with Crippen molar-refractivity contribution in [3.8, 4) is 23.5 Å². The Hall–Kier alpha value is -2.02. The molecule has 156 valence electrons. The van der Waals surface area contributed by atoms with Crippen molar-refractivity contribution in [1.82, 2.24) is 0 Å². The predicted molar refractivity (Wildman–Crippen MR) is 126 cm³/mol. The number of fused-ring (bicyclic) bond motifs is 3. The molecule has 0 N–H and O–H groups in total. The molecular weight excluding hydrogens is 367 g/mol. The Labute approximate surface area is 182 Å². The summed E-state index contributed by atoms with van der Waals surface area (Å²) in [5, 5.41) is 0. The highest BCUT2D eigenvalue weighted by Crippen LogP contribution is 2.53. The van der Waals surface area contributed by atoms with E-state index in [1.165, 1.54) is 22.3 Å². The monoisotopic (exact) mass is 400 g/mol. The molecule has 2 aliphatic rings. The second-order valence-electron chi connectivity index (χ2n) is 9.88. The van der Waals surface area contributed by atoms with Crippen LogP contribution in [0.3, 0.4) is 0 Å². The highest BCUT2D eigenvalue weighted by molar-refractivity contribution is 6.62. The zero-order chi connectivity index (χ0) is 21.7. The SMILES string of the molecule is C#Cc1ccc2c(c1)C(CCC)(CCC)c1cc(B3OC(C)(C)C(C)(C)O3)ccc1-2. The average Bonchev–Trinajstić information content (AvgIpc) is 3.09. The Balaban J connectivity index is 1.87. The largest absolute Gasteiger partial charge is 0.494 e. The quantitative estimate of drug-likeness (QED) is 0.464. The first kappa shape index (κ1) is 21.2. The fourth-order valence-corrected chi connectivity index (χ4v) is 5.25. The van der Waals surface area contributed by atoms with Crippen LogP contribution in [0.4, 0.5) is 0 Å². The fourth-order valence-electron chi connectivity index (χ4n) is 5.25. The third-order valence-corrected chi connectivity index (χ3v) is 7.43. The van der Waals surface area contributed by atoms with Gasteiger partial charge in [-0.1, -0.05) is 56.9 Å². The van der Waals surface area contributed by atoms with Gasteiger partial charge >= 0.3 is 7.12 Å². The summed E-state index contributed by atoms with van der Waals surface area (Å²) in [5.41, 5.74) is 6.84. The van der Waals surface area contributed by atoms with Crippen molar-refractivity contribution >= 4 is 12.6 Å². The average molecular weight is 400 g/mol. The normalized spacial score (nSPS) is 20.0. The van der Waals surface area contributed by atoms with E-state index in [2.05, 4.69) is 83.9 Å². The molecule has 0 unspecified atom stereocenters.